The zero-order chi connectivity index (χ0) is 15.9. The van der Waals surface area contributed by atoms with Crippen molar-refractivity contribution in [3.05, 3.63) is 36.4 Å². The molecule has 116 valence electrons. The highest BCUT2D eigenvalue weighted by atomic mass is 16.5. The van der Waals surface area contributed by atoms with Gasteiger partial charge >= 0.3 is 0 Å². The van der Waals surface area contributed by atoms with Gasteiger partial charge in [0, 0.05) is 12.1 Å². The molecule has 0 atom stereocenters. The molecule has 0 saturated heterocycles. The Hall–Kier alpha value is -2.76. The van der Waals surface area contributed by atoms with E-state index in [1.165, 1.54) is 0 Å². The Balaban J connectivity index is 2.36. The predicted octanol–water partition coefficient (Wildman–Crippen LogP) is 4.14. The fraction of sp³-hybridized carbons (Fsp3) is 0.250. The lowest BCUT2D eigenvalue weighted by Crippen LogP contribution is -1.91. The Bertz CT molecular complexity index is 629. The van der Waals surface area contributed by atoms with Crippen LogP contribution in [0.15, 0.2) is 46.6 Å². The van der Waals surface area contributed by atoms with Crippen molar-refractivity contribution in [2.75, 3.05) is 28.4 Å². The molecule has 0 unspecified atom stereocenters. The summed E-state index contributed by atoms with van der Waals surface area (Å²) in [6, 6.07) is 10.7. The summed E-state index contributed by atoms with van der Waals surface area (Å²) < 4.78 is 20.9. The summed E-state index contributed by atoms with van der Waals surface area (Å²) in [5, 5.41) is 8.42. The molecule has 0 saturated carbocycles. The number of benzene rings is 2. The lowest BCUT2D eigenvalue weighted by molar-refractivity contribution is 0.377. The molecule has 6 heteroatoms. The quantitative estimate of drug-likeness (QED) is 0.752. The van der Waals surface area contributed by atoms with Crippen LogP contribution in [0.4, 0.5) is 11.4 Å². The van der Waals surface area contributed by atoms with Crippen LogP contribution in [0.2, 0.25) is 0 Å². The molecule has 22 heavy (non-hydrogen) atoms. The van der Waals surface area contributed by atoms with Gasteiger partial charge in [0.2, 0.25) is 0 Å². The molecular formula is C16H18N2O4. The lowest BCUT2D eigenvalue weighted by Gasteiger charge is -2.11. The Labute approximate surface area is 129 Å². The van der Waals surface area contributed by atoms with E-state index in [-0.39, 0.29) is 0 Å². The minimum atomic E-state index is 0.501. The van der Waals surface area contributed by atoms with Gasteiger partial charge in [-0.25, -0.2) is 0 Å². The van der Waals surface area contributed by atoms with Crippen LogP contribution in [0.3, 0.4) is 0 Å². The minimum Gasteiger partial charge on any atom is -0.497 e. The summed E-state index contributed by atoms with van der Waals surface area (Å²) in [5.74, 6) is 2.43. The lowest BCUT2D eigenvalue weighted by atomic mass is 10.2. The first-order valence-corrected chi connectivity index (χ1v) is 6.57. The van der Waals surface area contributed by atoms with E-state index in [4.69, 9.17) is 18.9 Å². The van der Waals surface area contributed by atoms with Gasteiger partial charge in [0.25, 0.3) is 0 Å². The molecule has 0 spiro atoms. The third-order valence-electron chi connectivity index (χ3n) is 3.03. The topological polar surface area (TPSA) is 61.6 Å². The maximum Gasteiger partial charge on any atom is 0.170 e. The first kappa shape index (κ1) is 15.6. The van der Waals surface area contributed by atoms with Crippen LogP contribution in [0.5, 0.6) is 23.0 Å². The SMILES string of the molecule is COc1ccc(N=Nc2c(OC)cc(OC)cc2OC)cc1. The first-order chi connectivity index (χ1) is 10.7. The Morgan fingerprint density at radius 2 is 1.18 bits per heavy atom. The summed E-state index contributed by atoms with van der Waals surface area (Å²) in [6.45, 7) is 0. The van der Waals surface area contributed by atoms with Crippen LogP contribution in [-0.2, 0) is 0 Å². The van der Waals surface area contributed by atoms with Crippen molar-refractivity contribution in [1.82, 2.24) is 0 Å². The molecule has 2 aromatic rings. The molecule has 0 aromatic heterocycles. The van der Waals surface area contributed by atoms with E-state index in [0.29, 0.717) is 28.6 Å². The fourth-order valence-corrected chi connectivity index (χ4v) is 1.84. The molecule has 0 amide bonds. The molecule has 2 aromatic carbocycles. The fourth-order valence-electron chi connectivity index (χ4n) is 1.84. The summed E-state index contributed by atoms with van der Waals surface area (Å²) >= 11 is 0. The molecule has 0 aliphatic carbocycles. The van der Waals surface area contributed by atoms with Gasteiger partial charge in [-0.05, 0) is 24.3 Å². The summed E-state index contributed by atoms with van der Waals surface area (Å²) in [5.41, 5.74) is 1.20. The van der Waals surface area contributed by atoms with E-state index in [1.54, 1.807) is 40.6 Å². The van der Waals surface area contributed by atoms with Crippen molar-refractivity contribution in [2.45, 2.75) is 0 Å². The average molecular weight is 302 g/mol. The smallest absolute Gasteiger partial charge is 0.170 e. The van der Waals surface area contributed by atoms with Crippen molar-refractivity contribution in [3.63, 3.8) is 0 Å². The Kier molecular flexibility index (Phi) is 5.19. The standard InChI is InChI=1S/C16H18N2O4/c1-19-12-7-5-11(6-8-12)17-18-16-14(21-3)9-13(20-2)10-15(16)22-4/h5-10H,1-4H3. The number of ether oxygens (including phenoxy) is 4. The zero-order valence-electron chi connectivity index (χ0n) is 13.0. The van der Waals surface area contributed by atoms with Crippen LogP contribution in [0.1, 0.15) is 0 Å². The number of hydrogen-bond acceptors (Lipinski definition) is 6. The van der Waals surface area contributed by atoms with Crippen molar-refractivity contribution in [1.29, 1.82) is 0 Å². The van der Waals surface area contributed by atoms with Crippen LogP contribution < -0.4 is 18.9 Å². The van der Waals surface area contributed by atoms with E-state index in [0.717, 1.165) is 5.75 Å². The molecular weight excluding hydrogens is 284 g/mol. The first-order valence-electron chi connectivity index (χ1n) is 6.57. The molecule has 0 fully saturated rings. The van der Waals surface area contributed by atoms with Crippen molar-refractivity contribution < 1.29 is 18.9 Å². The van der Waals surface area contributed by atoms with Gasteiger partial charge < -0.3 is 18.9 Å². The molecule has 0 aliphatic heterocycles. The van der Waals surface area contributed by atoms with Gasteiger partial charge in [-0.15, -0.1) is 5.11 Å². The summed E-state index contributed by atoms with van der Waals surface area (Å²) in [7, 11) is 6.30. The third-order valence-corrected chi connectivity index (χ3v) is 3.03. The zero-order valence-corrected chi connectivity index (χ0v) is 13.0. The highest BCUT2D eigenvalue weighted by Gasteiger charge is 2.12. The second kappa shape index (κ2) is 7.31. The van der Waals surface area contributed by atoms with Gasteiger partial charge in [0.1, 0.15) is 11.5 Å². The number of methoxy groups -OCH3 is 4. The number of hydrogen-bond donors (Lipinski definition) is 0. The van der Waals surface area contributed by atoms with E-state index in [2.05, 4.69) is 10.2 Å². The average Bonchev–Trinajstić information content (AvgIpc) is 2.59. The second-order valence-electron chi connectivity index (χ2n) is 4.28. The molecule has 0 bridgehead atoms. The molecule has 0 radical (unpaired) electrons. The van der Waals surface area contributed by atoms with E-state index in [1.807, 2.05) is 24.3 Å². The molecule has 0 N–H and O–H groups in total. The van der Waals surface area contributed by atoms with E-state index < -0.39 is 0 Å². The van der Waals surface area contributed by atoms with Gasteiger partial charge in [-0.2, -0.15) is 5.11 Å². The Morgan fingerprint density at radius 3 is 1.64 bits per heavy atom. The molecule has 0 aliphatic rings. The third kappa shape index (κ3) is 3.46. The highest BCUT2D eigenvalue weighted by molar-refractivity contribution is 5.65. The normalized spacial score (nSPS) is 10.5. The van der Waals surface area contributed by atoms with Gasteiger partial charge in [0.15, 0.2) is 17.2 Å². The van der Waals surface area contributed by atoms with Crippen LogP contribution in [0, 0.1) is 0 Å². The maximum atomic E-state index is 5.32. The largest absolute Gasteiger partial charge is 0.497 e. The van der Waals surface area contributed by atoms with Crippen molar-refractivity contribution >= 4 is 11.4 Å². The minimum absolute atomic E-state index is 0.501. The van der Waals surface area contributed by atoms with E-state index >= 15 is 0 Å². The van der Waals surface area contributed by atoms with Gasteiger partial charge in [-0.3, -0.25) is 0 Å². The van der Waals surface area contributed by atoms with Gasteiger partial charge in [-0.1, -0.05) is 0 Å². The Morgan fingerprint density at radius 1 is 0.636 bits per heavy atom. The molecule has 2 rings (SSSR count). The summed E-state index contributed by atoms with van der Waals surface area (Å²) in [4.78, 5) is 0. The van der Waals surface area contributed by atoms with Crippen molar-refractivity contribution in [3.8, 4) is 23.0 Å². The number of azo groups is 1. The monoisotopic (exact) mass is 302 g/mol. The van der Waals surface area contributed by atoms with Crippen LogP contribution >= 0.6 is 0 Å². The van der Waals surface area contributed by atoms with Crippen molar-refractivity contribution in [2.24, 2.45) is 10.2 Å². The highest BCUT2D eigenvalue weighted by Crippen LogP contribution is 2.41. The van der Waals surface area contributed by atoms with E-state index in [9.17, 15) is 0 Å². The second-order valence-corrected chi connectivity index (χ2v) is 4.28. The molecule has 6 nitrogen and oxygen atoms in total. The summed E-state index contributed by atoms with van der Waals surface area (Å²) in [6.07, 6.45) is 0. The molecule has 0 heterocycles. The van der Waals surface area contributed by atoms with Crippen LogP contribution in [-0.4, -0.2) is 28.4 Å². The van der Waals surface area contributed by atoms with Crippen LogP contribution in [0.25, 0.3) is 0 Å². The van der Waals surface area contributed by atoms with Gasteiger partial charge in [0.05, 0.1) is 34.1 Å². The predicted molar refractivity (Wildman–Crippen MR) is 83.3 cm³/mol. The number of rotatable bonds is 6. The number of nitrogens with zero attached hydrogens (tertiary/aromatic N) is 2. The maximum absolute atomic E-state index is 5.32.